The van der Waals surface area contributed by atoms with E-state index in [1.165, 1.54) is 86.9 Å². The van der Waals surface area contributed by atoms with Gasteiger partial charge in [0.05, 0.1) is 11.1 Å². The van der Waals surface area contributed by atoms with E-state index < -0.39 is 5.41 Å². The Morgan fingerprint density at radius 3 is 1.46 bits per heavy atom. The van der Waals surface area contributed by atoms with Gasteiger partial charge in [0.25, 0.3) is 0 Å². The molecule has 0 saturated heterocycles. The lowest BCUT2D eigenvalue weighted by Crippen LogP contribution is -2.28. The van der Waals surface area contributed by atoms with Crippen LogP contribution in [-0.2, 0) is 5.41 Å². The number of anilines is 3. The van der Waals surface area contributed by atoms with E-state index in [4.69, 9.17) is 0 Å². The zero-order valence-corrected chi connectivity index (χ0v) is 35.3. The Morgan fingerprint density at radius 1 is 0.302 bits per heavy atom. The van der Waals surface area contributed by atoms with Crippen molar-refractivity contribution in [3.8, 4) is 44.5 Å². The highest BCUT2D eigenvalue weighted by Gasteiger charge is 2.45. The van der Waals surface area contributed by atoms with E-state index in [0.29, 0.717) is 0 Å². The summed E-state index contributed by atoms with van der Waals surface area (Å²) in [7, 11) is 0. The lowest BCUT2D eigenvalue weighted by atomic mass is 9.68. The fraction of sp³-hybridized carbons (Fsp3) is 0.0164. The fourth-order valence-electron chi connectivity index (χ4n) is 10.1. The summed E-state index contributed by atoms with van der Waals surface area (Å²) in [6.45, 7) is 0. The molecule has 12 rings (SSSR count). The summed E-state index contributed by atoms with van der Waals surface area (Å²) in [5, 5.41) is 2.63. The smallest absolute Gasteiger partial charge is 0.0713 e. The maximum absolute atomic E-state index is 2.44. The van der Waals surface area contributed by atoms with Crippen molar-refractivity contribution in [1.29, 1.82) is 0 Å². The molecule has 10 aromatic carbocycles. The first kappa shape index (κ1) is 37.0. The van der Waals surface area contributed by atoms with E-state index in [-0.39, 0.29) is 0 Å². The quantitative estimate of drug-likeness (QED) is 0.148. The molecule has 0 atom stereocenters. The predicted octanol–water partition coefficient (Wildman–Crippen LogP) is 16.9. The minimum Gasteiger partial charge on any atom is -0.310 e. The molecule has 2 heteroatoms. The van der Waals surface area contributed by atoms with Crippen LogP contribution in [0.2, 0.25) is 0 Å². The molecule has 11 aromatic rings. The zero-order valence-electron chi connectivity index (χ0n) is 34.5. The Labute approximate surface area is 372 Å². The summed E-state index contributed by atoms with van der Waals surface area (Å²) >= 11 is 1.86. The van der Waals surface area contributed by atoms with Crippen LogP contribution in [0.5, 0.6) is 0 Å². The van der Waals surface area contributed by atoms with Gasteiger partial charge < -0.3 is 4.90 Å². The summed E-state index contributed by atoms with van der Waals surface area (Å²) in [5.41, 5.74) is 17.7. The summed E-state index contributed by atoms with van der Waals surface area (Å²) in [4.78, 5) is 2.44. The van der Waals surface area contributed by atoms with Crippen molar-refractivity contribution < 1.29 is 0 Å². The number of fused-ring (bicyclic) bond motifs is 6. The minimum atomic E-state index is -0.471. The van der Waals surface area contributed by atoms with Gasteiger partial charge in [0.2, 0.25) is 0 Å². The van der Waals surface area contributed by atoms with Crippen LogP contribution in [0, 0.1) is 0 Å². The molecule has 0 bridgehead atoms. The summed E-state index contributed by atoms with van der Waals surface area (Å²) < 4.78 is 2.64. The van der Waals surface area contributed by atoms with Crippen molar-refractivity contribution in [2.24, 2.45) is 0 Å². The van der Waals surface area contributed by atoms with Crippen LogP contribution in [0.4, 0.5) is 17.1 Å². The van der Waals surface area contributed by atoms with Gasteiger partial charge in [-0.2, -0.15) is 0 Å². The number of hydrogen-bond donors (Lipinski definition) is 0. The van der Waals surface area contributed by atoms with E-state index in [9.17, 15) is 0 Å². The van der Waals surface area contributed by atoms with Crippen molar-refractivity contribution in [3.05, 3.63) is 271 Å². The van der Waals surface area contributed by atoms with Crippen molar-refractivity contribution in [3.63, 3.8) is 0 Å². The zero-order chi connectivity index (χ0) is 41.7. The number of nitrogens with zero attached hydrogens (tertiary/aromatic N) is 1. The topological polar surface area (TPSA) is 3.24 Å². The SMILES string of the molecule is c1ccc(-c2ccc(N(c3ccc(-c4ccc5sc6ccccc6c5c4)cc3)c3ccc(C4(c5ccccc5)c5ccccc5-c5ccccc54)cc3)c(-c3ccccc3)c2)cc1. The average molecular weight is 820 g/mol. The standard InChI is InChI=1S/C61H41NS/c1-4-16-42(17-5-1)45-30-38-58(54(40-45)44-18-6-2-7-19-44)62(49-34-28-43(29-35-49)46-31-39-60-55(41-46)53-24-12-15-27-59(53)63-60)50-36-32-48(33-37-50)61(47-20-8-3-9-21-47)56-25-13-10-22-51(56)52-23-11-14-26-57(52)61/h1-41H. The second kappa shape index (κ2) is 15.3. The molecule has 1 nitrogen and oxygen atoms in total. The molecular formula is C61H41NS. The van der Waals surface area contributed by atoms with Gasteiger partial charge in [0, 0.05) is 37.1 Å². The first-order chi connectivity index (χ1) is 31.2. The molecule has 0 amide bonds. The molecule has 0 aliphatic heterocycles. The molecular weight excluding hydrogens is 779 g/mol. The number of hydrogen-bond acceptors (Lipinski definition) is 2. The Hall–Kier alpha value is -7.78. The molecule has 1 aliphatic carbocycles. The van der Waals surface area contributed by atoms with Crippen molar-refractivity contribution in [2.45, 2.75) is 5.41 Å². The van der Waals surface area contributed by atoms with Gasteiger partial charge in [-0.1, -0.05) is 194 Å². The lowest BCUT2D eigenvalue weighted by molar-refractivity contribution is 0.768. The molecule has 0 fully saturated rings. The molecule has 0 N–H and O–H groups in total. The van der Waals surface area contributed by atoms with E-state index in [1.807, 2.05) is 11.3 Å². The predicted molar refractivity (Wildman–Crippen MR) is 268 cm³/mol. The number of benzene rings is 10. The van der Waals surface area contributed by atoms with Crippen molar-refractivity contribution in [1.82, 2.24) is 0 Å². The Morgan fingerprint density at radius 2 is 0.778 bits per heavy atom. The van der Waals surface area contributed by atoms with Gasteiger partial charge in [-0.3, -0.25) is 0 Å². The van der Waals surface area contributed by atoms with Gasteiger partial charge >= 0.3 is 0 Å². The number of rotatable bonds is 8. The average Bonchev–Trinajstić information content (AvgIpc) is 3.89. The van der Waals surface area contributed by atoms with Crippen LogP contribution in [0.25, 0.3) is 64.7 Å². The first-order valence-corrected chi connectivity index (χ1v) is 22.5. The normalized spacial score (nSPS) is 12.6. The fourth-order valence-corrected chi connectivity index (χ4v) is 11.2. The molecule has 0 saturated carbocycles. The van der Waals surface area contributed by atoms with Crippen LogP contribution >= 0.6 is 11.3 Å². The van der Waals surface area contributed by atoms with E-state index >= 15 is 0 Å². The van der Waals surface area contributed by atoms with Crippen molar-refractivity contribution >= 4 is 48.6 Å². The van der Waals surface area contributed by atoms with Gasteiger partial charge in [0.15, 0.2) is 0 Å². The molecule has 1 heterocycles. The molecule has 1 aliphatic rings. The third-order valence-electron chi connectivity index (χ3n) is 13.0. The monoisotopic (exact) mass is 819 g/mol. The Balaban J connectivity index is 1.04. The second-order valence-corrected chi connectivity index (χ2v) is 17.5. The van der Waals surface area contributed by atoms with E-state index in [1.54, 1.807) is 0 Å². The Kier molecular flexibility index (Phi) is 8.98. The van der Waals surface area contributed by atoms with Crippen LogP contribution in [-0.4, -0.2) is 0 Å². The first-order valence-electron chi connectivity index (χ1n) is 21.7. The molecule has 0 spiro atoms. The van der Waals surface area contributed by atoms with Crippen LogP contribution in [0.1, 0.15) is 22.3 Å². The van der Waals surface area contributed by atoms with E-state index in [2.05, 4.69) is 254 Å². The van der Waals surface area contributed by atoms with Gasteiger partial charge in [-0.05, 0) is 116 Å². The number of thiophene rings is 1. The summed E-state index contributed by atoms with van der Waals surface area (Å²) in [6.07, 6.45) is 0. The second-order valence-electron chi connectivity index (χ2n) is 16.4. The lowest BCUT2D eigenvalue weighted by Gasteiger charge is -2.34. The largest absolute Gasteiger partial charge is 0.310 e. The molecule has 0 unspecified atom stereocenters. The van der Waals surface area contributed by atoms with E-state index in [0.717, 1.165) is 17.1 Å². The van der Waals surface area contributed by atoms with Crippen LogP contribution < -0.4 is 4.90 Å². The third-order valence-corrected chi connectivity index (χ3v) is 14.1. The molecule has 0 radical (unpaired) electrons. The molecule has 63 heavy (non-hydrogen) atoms. The summed E-state index contributed by atoms with van der Waals surface area (Å²) in [6, 6.07) is 91.5. The summed E-state index contributed by atoms with van der Waals surface area (Å²) in [5.74, 6) is 0. The van der Waals surface area contributed by atoms with Crippen LogP contribution in [0.3, 0.4) is 0 Å². The van der Waals surface area contributed by atoms with Crippen molar-refractivity contribution in [2.75, 3.05) is 4.90 Å². The molecule has 1 aromatic heterocycles. The van der Waals surface area contributed by atoms with Gasteiger partial charge in [-0.25, -0.2) is 0 Å². The highest BCUT2D eigenvalue weighted by atomic mass is 32.1. The van der Waals surface area contributed by atoms with Gasteiger partial charge in [-0.15, -0.1) is 11.3 Å². The maximum atomic E-state index is 2.44. The maximum Gasteiger partial charge on any atom is 0.0713 e. The van der Waals surface area contributed by atoms with Crippen LogP contribution in [0.15, 0.2) is 249 Å². The highest BCUT2D eigenvalue weighted by molar-refractivity contribution is 7.25. The third kappa shape index (κ3) is 6.14. The van der Waals surface area contributed by atoms with Gasteiger partial charge in [0.1, 0.15) is 0 Å². The minimum absolute atomic E-state index is 0.471. The molecule has 296 valence electrons. The Bertz CT molecular complexity index is 3380. The highest BCUT2D eigenvalue weighted by Crippen LogP contribution is 2.56.